The van der Waals surface area contributed by atoms with Crippen LogP contribution >= 0.6 is 0 Å². The second-order valence-corrected chi connectivity index (χ2v) is 7.34. The number of methoxy groups -OCH3 is 1. The lowest BCUT2D eigenvalue weighted by Gasteiger charge is -2.20. The molecule has 1 aromatic carbocycles. The molecule has 5 nitrogen and oxygen atoms in total. The molecule has 0 bridgehead atoms. The van der Waals surface area contributed by atoms with Gasteiger partial charge < -0.3 is 4.74 Å². The van der Waals surface area contributed by atoms with E-state index < -0.39 is 16.0 Å². The molecule has 2 rings (SSSR count). The average Bonchev–Trinajstić information content (AvgIpc) is 2.51. The van der Waals surface area contributed by atoms with Crippen LogP contribution in [0.25, 0.3) is 0 Å². The zero-order valence-electron chi connectivity index (χ0n) is 12.5. The topological polar surface area (TPSA) is 63.7 Å². The van der Waals surface area contributed by atoms with Crippen molar-refractivity contribution in [2.45, 2.75) is 37.0 Å². The summed E-state index contributed by atoms with van der Waals surface area (Å²) in [7, 11) is -0.775. The predicted octanol–water partition coefficient (Wildman–Crippen LogP) is 1.75. The molecule has 1 aliphatic carbocycles. The number of rotatable bonds is 5. The van der Waals surface area contributed by atoms with Gasteiger partial charge in [0.15, 0.2) is 0 Å². The maximum Gasteiger partial charge on any atom is 0.306 e. The number of benzene rings is 1. The Kier molecular flexibility index (Phi) is 5.00. The molecule has 0 radical (unpaired) electrons. The first-order valence-electron chi connectivity index (χ1n) is 7.10. The lowest BCUT2D eigenvalue weighted by atomic mass is 9.92. The molecule has 0 saturated heterocycles. The zero-order valence-corrected chi connectivity index (χ0v) is 13.3. The first kappa shape index (κ1) is 16.0. The van der Waals surface area contributed by atoms with E-state index in [-0.39, 0.29) is 13.0 Å². The molecule has 0 amide bonds. The lowest BCUT2D eigenvalue weighted by Crippen LogP contribution is -2.29. The minimum atomic E-state index is -3.55. The maximum absolute atomic E-state index is 12.5. The van der Waals surface area contributed by atoms with Gasteiger partial charge in [-0.15, -0.1) is 0 Å². The van der Waals surface area contributed by atoms with E-state index in [2.05, 4.69) is 4.74 Å². The third-order valence-electron chi connectivity index (χ3n) is 3.89. The molecule has 21 heavy (non-hydrogen) atoms. The highest BCUT2D eigenvalue weighted by molar-refractivity contribution is 7.89. The summed E-state index contributed by atoms with van der Waals surface area (Å²) in [6.07, 6.45) is 4.28. The van der Waals surface area contributed by atoms with Gasteiger partial charge in [0, 0.05) is 13.6 Å². The van der Waals surface area contributed by atoms with Gasteiger partial charge in [-0.05, 0) is 48.9 Å². The Morgan fingerprint density at radius 2 is 1.90 bits per heavy atom. The molecule has 1 aromatic rings. The van der Waals surface area contributed by atoms with E-state index >= 15 is 0 Å². The Bertz CT molecular complexity index is 625. The van der Waals surface area contributed by atoms with Crippen LogP contribution in [0.5, 0.6) is 0 Å². The fourth-order valence-corrected chi connectivity index (χ4v) is 3.74. The fourth-order valence-electron chi connectivity index (χ4n) is 2.52. The van der Waals surface area contributed by atoms with E-state index in [0.717, 1.165) is 31.2 Å². The van der Waals surface area contributed by atoms with Crippen LogP contribution in [-0.4, -0.2) is 39.4 Å². The van der Waals surface area contributed by atoms with Crippen molar-refractivity contribution in [3.05, 3.63) is 29.3 Å². The Morgan fingerprint density at radius 1 is 1.24 bits per heavy atom. The lowest BCUT2D eigenvalue weighted by molar-refractivity contribution is -0.140. The standard InChI is InChI=1S/C15H21NO4S/c1-16(10-9-15(17)20-2)21(18,19)14-8-7-12-5-3-4-6-13(12)11-14/h7-8,11H,3-6,9-10H2,1-2H3. The molecule has 1 aliphatic rings. The van der Waals surface area contributed by atoms with Gasteiger partial charge >= 0.3 is 5.97 Å². The monoisotopic (exact) mass is 311 g/mol. The van der Waals surface area contributed by atoms with E-state index in [9.17, 15) is 13.2 Å². The number of hydrogen-bond acceptors (Lipinski definition) is 4. The number of nitrogens with zero attached hydrogens (tertiary/aromatic N) is 1. The van der Waals surface area contributed by atoms with E-state index in [1.807, 2.05) is 6.07 Å². The van der Waals surface area contributed by atoms with Crippen molar-refractivity contribution in [2.24, 2.45) is 0 Å². The number of fused-ring (bicyclic) bond motifs is 1. The summed E-state index contributed by atoms with van der Waals surface area (Å²) in [6.45, 7) is 0.117. The van der Waals surface area contributed by atoms with Gasteiger partial charge in [0.25, 0.3) is 0 Å². The summed E-state index contributed by atoms with van der Waals surface area (Å²) < 4.78 is 30.7. The maximum atomic E-state index is 12.5. The van der Waals surface area contributed by atoms with Crippen LogP contribution < -0.4 is 0 Å². The van der Waals surface area contributed by atoms with Crippen molar-refractivity contribution in [2.75, 3.05) is 20.7 Å². The largest absolute Gasteiger partial charge is 0.469 e. The number of carbonyl (C=O) groups excluding carboxylic acids is 1. The van der Waals surface area contributed by atoms with Gasteiger partial charge in [0.2, 0.25) is 10.0 Å². The quantitative estimate of drug-likeness (QED) is 0.777. The van der Waals surface area contributed by atoms with Crippen molar-refractivity contribution in [1.82, 2.24) is 4.31 Å². The number of esters is 1. The minimum absolute atomic E-state index is 0.0527. The number of hydrogen-bond donors (Lipinski definition) is 0. The van der Waals surface area contributed by atoms with Crippen molar-refractivity contribution < 1.29 is 17.9 Å². The second-order valence-electron chi connectivity index (χ2n) is 5.29. The Hall–Kier alpha value is -1.40. The summed E-state index contributed by atoms with van der Waals surface area (Å²) in [5.74, 6) is -0.414. The molecule has 0 spiro atoms. The predicted molar refractivity (Wildman–Crippen MR) is 79.5 cm³/mol. The van der Waals surface area contributed by atoms with Crippen LogP contribution in [0.15, 0.2) is 23.1 Å². The number of aryl methyl sites for hydroxylation is 2. The molecule has 0 aliphatic heterocycles. The number of carbonyl (C=O) groups is 1. The summed E-state index contributed by atoms with van der Waals surface area (Å²) in [4.78, 5) is 11.4. The highest BCUT2D eigenvalue weighted by atomic mass is 32.2. The molecule has 0 unspecified atom stereocenters. The average molecular weight is 311 g/mol. The van der Waals surface area contributed by atoms with Crippen molar-refractivity contribution in [3.8, 4) is 0 Å². The molecule has 116 valence electrons. The highest BCUT2D eigenvalue weighted by Gasteiger charge is 2.23. The van der Waals surface area contributed by atoms with Gasteiger partial charge in [-0.1, -0.05) is 6.07 Å². The van der Waals surface area contributed by atoms with Crippen LogP contribution in [0, 0.1) is 0 Å². The fraction of sp³-hybridized carbons (Fsp3) is 0.533. The van der Waals surface area contributed by atoms with Crippen LogP contribution in [0.2, 0.25) is 0 Å². The Balaban J connectivity index is 2.17. The normalized spacial score (nSPS) is 14.8. The van der Waals surface area contributed by atoms with Gasteiger partial charge in [-0.25, -0.2) is 12.7 Å². The second kappa shape index (κ2) is 6.58. The molecule has 0 saturated carbocycles. The zero-order chi connectivity index (χ0) is 15.5. The highest BCUT2D eigenvalue weighted by Crippen LogP contribution is 2.25. The van der Waals surface area contributed by atoms with Crippen LogP contribution in [-0.2, 0) is 32.4 Å². The van der Waals surface area contributed by atoms with Crippen LogP contribution in [0.1, 0.15) is 30.4 Å². The van der Waals surface area contributed by atoms with Gasteiger partial charge in [-0.2, -0.15) is 0 Å². The molecule has 0 N–H and O–H groups in total. The van der Waals surface area contributed by atoms with E-state index in [0.29, 0.717) is 4.90 Å². The number of sulfonamides is 1. The Morgan fingerprint density at radius 3 is 2.57 bits per heavy atom. The molecule has 0 heterocycles. The van der Waals surface area contributed by atoms with Crippen LogP contribution in [0.4, 0.5) is 0 Å². The van der Waals surface area contributed by atoms with Crippen molar-refractivity contribution in [1.29, 1.82) is 0 Å². The molecule has 0 fully saturated rings. The third-order valence-corrected chi connectivity index (χ3v) is 5.74. The molecular formula is C15H21NO4S. The molecule has 0 aromatic heterocycles. The van der Waals surface area contributed by atoms with E-state index in [1.54, 1.807) is 12.1 Å². The van der Waals surface area contributed by atoms with Gasteiger partial charge in [-0.3, -0.25) is 4.79 Å². The third kappa shape index (κ3) is 3.63. The molecular weight excluding hydrogens is 290 g/mol. The van der Waals surface area contributed by atoms with Gasteiger partial charge in [0.1, 0.15) is 0 Å². The molecule has 0 atom stereocenters. The van der Waals surface area contributed by atoms with E-state index in [1.165, 1.54) is 24.0 Å². The van der Waals surface area contributed by atoms with Crippen LogP contribution in [0.3, 0.4) is 0 Å². The molecule has 6 heteroatoms. The first-order chi connectivity index (χ1) is 9.95. The van der Waals surface area contributed by atoms with Crippen molar-refractivity contribution >= 4 is 16.0 Å². The summed E-state index contributed by atoms with van der Waals surface area (Å²) in [5, 5.41) is 0. The number of ether oxygens (including phenoxy) is 1. The SMILES string of the molecule is COC(=O)CCN(C)S(=O)(=O)c1ccc2c(c1)CCCC2. The summed E-state index contributed by atoms with van der Waals surface area (Å²) in [5.41, 5.74) is 2.38. The first-order valence-corrected chi connectivity index (χ1v) is 8.54. The van der Waals surface area contributed by atoms with Crippen molar-refractivity contribution in [3.63, 3.8) is 0 Å². The van der Waals surface area contributed by atoms with E-state index in [4.69, 9.17) is 0 Å². The summed E-state index contributed by atoms with van der Waals surface area (Å²) >= 11 is 0. The van der Waals surface area contributed by atoms with Gasteiger partial charge in [0.05, 0.1) is 18.4 Å². The Labute approximate surface area is 126 Å². The minimum Gasteiger partial charge on any atom is -0.469 e. The smallest absolute Gasteiger partial charge is 0.306 e. The summed E-state index contributed by atoms with van der Waals surface area (Å²) in [6, 6.07) is 5.35.